The highest BCUT2D eigenvalue weighted by Crippen LogP contribution is 2.64. The number of carbonyl (C=O) groups excluding carboxylic acids is 1. The normalized spacial score (nSPS) is 26.0. The number of nitrogens with one attached hydrogen (secondary N) is 1. The van der Waals surface area contributed by atoms with E-state index in [0.29, 0.717) is 12.2 Å². The third-order valence-corrected chi connectivity index (χ3v) is 4.04. The number of rotatable bonds is 3. The minimum absolute atomic E-state index is 0.0796. The summed E-state index contributed by atoms with van der Waals surface area (Å²) in [6.07, 6.45) is 0.417. The average molecular weight is 278 g/mol. The van der Waals surface area contributed by atoms with Crippen molar-refractivity contribution in [3.05, 3.63) is 5.82 Å². The van der Waals surface area contributed by atoms with Crippen molar-refractivity contribution in [2.75, 3.05) is 5.32 Å². The predicted octanol–water partition coefficient (Wildman–Crippen LogP) is 2.72. The SMILES string of the molecule is CC(C)c1noc(NC(=O)[C@@]2(C)CC2(Cl)Cl)n1. The predicted molar refractivity (Wildman–Crippen MR) is 64.2 cm³/mol. The molecule has 7 heteroatoms. The summed E-state index contributed by atoms with van der Waals surface area (Å²) in [5, 5.41) is 6.27. The fourth-order valence-corrected chi connectivity index (χ4v) is 2.11. The molecule has 0 unspecified atom stereocenters. The van der Waals surface area contributed by atoms with E-state index in [-0.39, 0.29) is 17.8 Å². The Hall–Kier alpha value is -0.810. The molecule has 0 aromatic carbocycles. The van der Waals surface area contributed by atoms with Gasteiger partial charge in [-0.1, -0.05) is 19.0 Å². The molecule has 94 valence electrons. The van der Waals surface area contributed by atoms with E-state index in [0.717, 1.165) is 0 Å². The van der Waals surface area contributed by atoms with Gasteiger partial charge in [-0.3, -0.25) is 10.1 Å². The first kappa shape index (κ1) is 12.6. The van der Waals surface area contributed by atoms with Crippen molar-refractivity contribution < 1.29 is 9.32 Å². The molecule has 0 bridgehead atoms. The highest BCUT2D eigenvalue weighted by Gasteiger charge is 2.68. The smallest absolute Gasteiger partial charge is 0.315 e. The molecule has 1 aromatic heterocycles. The van der Waals surface area contributed by atoms with Gasteiger partial charge in [0.25, 0.3) is 0 Å². The number of nitrogens with zero attached hydrogens (tertiary/aromatic N) is 2. The second kappa shape index (κ2) is 3.85. The molecular formula is C10H13Cl2N3O2. The Labute approximate surface area is 109 Å². The zero-order valence-corrected chi connectivity index (χ0v) is 11.3. The molecule has 0 radical (unpaired) electrons. The van der Waals surface area contributed by atoms with Crippen molar-refractivity contribution in [3.63, 3.8) is 0 Å². The Morgan fingerprint density at radius 3 is 2.53 bits per heavy atom. The van der Waals surface area contributed by atoms with Crippen molar-refractivity contribution in [1.29, 1.82) is 0 Å². The van der Waals surface area contributed by atoms with Crippen molar-refractivity contribution in [1.82, 2.24) is 10.1 Å². The van der Waals surface area contributed by atoms with Crippen LogP contribution in [0.4, 0.5) is 6.01 Å². The maximum absolute atomic E-state index is 11.9. The van der Waals surface area contributed by atoms with Gasteiger partial charge in [-0.2, -0.15) is 4.98 Å². The molecule has 1 aliphatic rings. The van der Waals surface area contributed by atoms with Gasteiger partial charge in [0.1, 0.15) is 4.33 Å². The highest BCUT2D eigenvalue weighted by atomic mass is 35.5. The maximum Gasteiger partial charge on any atom is 0.328 e. The molecule has 17 heavy (non-hydrogen) atoms. The third-order valence-electron chi connectivity index (χ3n) is 2.94. The molecule has 1 fully saturated rings. The lowest BCUT2D eigenvalue weighted by Crippen LogP contribution is -2.26. The standard InChI is InChI=1S/C10H13Cl2N3O2/c1-5(2)6-13-8(17-15-6)14-7(16)9(3)4-10(9,11)12/h5H,4H2,1-3H3,(H,13,14,15,16)/t9-/m1/s1. The lowest BCUT2D eigenvalue weighted by molar-refractivity contribution is -0.120. The monoisotopic (exact) mass is 277 g/mol. The summed E-state index contributed by atoms with van der Waals surface area (Å²) in [6.45, 7) is 5.56. The van der Waals surface area contributed by atoms with Crippen LogP contribution < -0.4 is 5.32 Å². The van der Waals surface area contributed by atoms with Crippen LogP contribution >= 0.6 is 23.2 Å². The first-order chi connectivity index (χ1) is 7.76. The molecule has 2 rings (SSSR count). The van der Waals surface area contributed by atoms with Crippen LogP contribution in [0.15, 0.2) is 4.52 Å². The summed E-state index contributed by atoms with van der Waals surface area (Å²) in [6, 6.07) is 0.0796. The number of aromatic nitrogens is 2. The minimum Gasteiger partial charge on any atom is -0.315 e. The molecule has 1 aliphatic carbocycles. The van der Waals surface area contributed by atoms with Gasteiger partial charge < -0.3 is 4.52 Å². The van der Waals surface area contributed by atoms with E-state index < -0.39 is 9.75 Å². The van der Waals surface area contributed by atoms with E-state index in [1.165, 1.54) is 0 Å². The third kappa shape index (κ3) is 2.13. The molecule has 1 amide bonds. The van der Waals surface area contributed by atoms with E-state index in [9.17, 15) is 4.79 Å². The largest absolute Gasteiger partial charge is 0.328 e. The van der Waals surface area contributed by atoms with E-state index in [1.54, 1.807) is 6.92 Å². The lowest BCUT2D eigenvalue weighted by Gasteiger charge is -2.09. The first-order valence-electron chi connectivity index (χ1n) is 5.29. The lowest BCUT2D eigenvalue weighted by atomic mass is 10.1. The Balaban J connectivity index is 2.04. The van der Waals surface area contributed by atoms with Gasteiger partial charge in [0.05, 0.1) is 5.41 Å². The summed E-state index contributed by atoms with van der Waals surface area (Å²) in [7, 11) is 0. The molecule has 1 atom stereocenters. The fourth-order valence-electron chi connectivity index (χ4n) is 1.40. The number of amides is 1. The molecule has 1 aromatic rings. The molecule has 1 saturated carbocycles. The van der Waals surface area contributed by atoms with Crippen LogP contribution in [-0.4, -0.2) is 20.4 Å². The number of anilines is 1. The summed E-state index contributed by atoms with van der Waals surface area (Å²) in [5.74, 6) is 0.381. The number of hydrogen-bond donors (Lipinski definition) is 1. The fraction of sp³-hybridized carbons (Fsp3) is 0.700. The Morgan fingerprint density at radius 2 is 2.12 bits per heavy atom. The van der Waals surface area contributed by atoms with Crippen LogP contribution in [0.25, 0.3) is 0 Å². The second-order valence-corrected chi connectivity index (χ2v) is 6.26. The van der Waals surface area contributed by atoms with Gasteiger partial charge in [0.15, 0.2) is 5.82 Å². The number of halogens is 2. The number of hydrogen-bond acceptors (Lipinski definition) is 4. The van der Waals surface area contributed by atoms with Gasteiger partial charge in [-0.25, -0.2) is 0 Å². The van der Waals surface area contributed by atoms with Crippen LogP contribution in [0.2, 0.25) is 0 Å². The van der Waals surface area contributed by atoms with Crippen molar-refractivity contribution in [3.8, 4) is 0 Å². The van der Waals surface area contributed by atoms with Gasteiger partial charge in [0.2, 0.25) is 5.91 Å². The topological polar surface area (TPSA) is 68.0 Å². The van der Waals surface area contributed by atoms with Crippen molar-refractivity contribution in [2.24, 2.45) is 5.41 Å². The average Bonchev–Trinajstić information content (AvgIpc) is 2.63. The van der Waals surface area contributed by atoms with Crippen LogP contribution in [0, 0.1) is 5.41 Å². The van der Waals surface area contributed by atoms with Crippen LogP contribution in [0.1, 0.15) is 38.9 Å². The molecule has 5 nitrogen and oxygen atoms in total. The van der Waals surface area contributed by atoms with Gasteiger partial charge in [-0.05, 0) is 13.3 Å². The number of carbonyl (C=O) groups is 1. The summed E-state index contributed by atoms with van der Waals surface area (Å²) in [5.41, 5.74) is -0.789. The Morgan fingerprint density at radius 1 is 1.53 bits per heavy atom. The zero-order chi connectivity index (χ0) is 12.8. The summed E-state index contributed by atoms with van der Waals surface area (Å²) in [4.78, 5) is 15.9. The highest BCUT2D eigenvalue weighted by molar-refractivity contribution is 6.53. The molecule has 0 saturated heterocycles. The maximum atomic E-state index is 11.9. The quantitative estimate of drug-likeness (QED) is 0.863. The van der Waals surface area contributed by atoms with E-state index >= 15 is 0 Å². The van der Waals surface area contributed by atoms with Crippen LogP contribution in [0.3, 0.4) is 0 Å². The van der Waals surface area contributed by atoms with Gasteiger partial charge in [0, 0.05) is 5.92 Å². The van der Waals surface area contributed by atoms with Gasteiger partial charge >= 0.3 is 6.01 Å². The molecular weight excluding hydrogens is 265 g/mol. The van der Waals surface area contributed by atoms with Gasteiger partial charge in [-0.15, -0.1) is 23.2 Å². The number of alkyl halides is 2. The molecule has 0 spiro atoms. The van der Waals surface area contributed by atoms with E-state index in [4.69, 9.17) is 27.7 Å². The van der Waals surface area contributed by atoms with Crippen LogP contribution in [0.5, 0.6) is 0 Å². The molecule has 1 heterocycles. The van der Waals surface area contributed by atoms with Crippen molar-refractivity contribution >= 4 is 35.1 Å². The second-order valence-electron chi connectivity index (χ2n) is 4.78. The first-order valence-corrected chi connectivity index (χ1v) is 6.05. The summed E-state index contributed by atoms with van der Waals surface area (Å²) >= 11 is 11.8. The summed E-state index contributed by atoms with van der Waals surface area (Å²) < 4.78 is 3.91. The van der Waals surface area contributed by atoms with Crippen LogP contribution in [-0.2, 0) is 4.79 Å². The van der Waals surface area contributed by atoms with E-state index in [1.807, 2.05) is 13.8 Å². The zero-order valence-electron chi connectivity index (χ0n) is 9.75. The molecule has 0 aliphatic heterocycles. The Bertz CT molecular complexity index is 458. The minimum atomic E-state index is -1.00. The van der Waals surface area contributed by atoms with Crippen molar-refractivity contribution in [2.45, 2.75) is 37.4 Å². The Kier molecular flexibility index (Phi) is 2.86. The molecule has 1 N–H and O–H groups in total. The van der Waals surface area contributed by atoms with E-state index in [2.05, 4.69) is 15.5 Å².